The molecule has 1 aliphatic heterocycles. The van der Waals surface area contributed by atoms with Crippen molar-refractivity contribution in [2.45, 2.75) is 70.1 Å². The van der Waals surface area contributed by atoms with Crippen molar-refractivity contribution in [3.8, 4) is 0 Å². The molecule has 31 heavy (non-hydrogen) atoms. The molecule has 0 unspecified atom stereocenters. The minimum atomic E-state index is -0.231. The molecule has 3 rings (SSSR count). The van der Waals surface area contributed by atoms with E-state index in [0.29, 0.717) is 12.7 Å². The Labute approximate surface area is 187 Å². The monoisotopic (exact) mass is 432 g/mol. The molecule has 2 aliphatic rings. The van der Waals surface area contributed by atoms with E-state index in [-0.39, 0.29) is 12.1 Å². The van der Waals surface area contributed by atoms with Crippen LogP contribution in [0.2, 0.25) is 0 Å². The van der Waals surface area contributed by atoms with Crippen LogP contribution < -0.4 is 0 Å². The Balaban J connectivity index is 1.19. The summed E-state index contributed by atoms with van der Waals surface area (Å²) in [4.78, 5) is 16.6. The molecule has 0 radical (unpaired) electrons. The van der Waals surface area contributed by atoms with Crippen LogP contribution in [-0.2, 0) is 20.8 Å². The van der Waals surface area contributed by atoms with Gasteiger partial charge in [-0.15, -0.1) is 0 Å². The van der Waals surface area contributed by atoms with Crippen LogP contribution >= 0.6 is 0 Å². The summed E-state index contributed by atoms with van der Waals surface area (Å²) < 4.78 is 17.0. The smallest absolute Gasteiger partial charge is 0.410 e. The maximum atomic E-state index is 12.4. The lowest BCUT2D eigenvalue weighted by Crippen LogP contribution is -2.41. The minimum Gasteiger partial charge on any atom is -0.445 e. The van der Waals surface area contributed by atoms with Crippen molar-refractivity contribution in [2.75, 3.05) is 46.5 Å². The van der Waals surface area contributed by atoms with Crippen molar-refractivity contribution in [1.82, 2.24) is 9.80 Å². The molecular weight excluding hydrogens is 392 g/mol. The van der Waals surface area contributed by atoms with E-state index in [9.17, 15) is 4.79 Å². The number of nitrogens with zero attached hydrogens (tertiary/aromatic N) is 2. The zero-order chi connectivity index (χ0) is 21.7. The molecular formula is C25H40N2O4. The van der Waals surface area contributed by atoms with Crippen LogP contribution in [0.4, 0.5) is 4.79 Å². The number of rotatable bonds is 11. The minimum absolute atomic E-state index is 0.231. The summed E-state index contributed by atoms with van der Waals surface area (Å²) in [5.74, 6) is 0. The van der Waals surface area contributed by atoms with E-state index in [2.05, 4.69) is 4.90 Å². The van der Waals surface area contributed by atoms with E-state index in [1.165, 1.54) is 25.8 Å². The van der Waals surface area contributed by atoms with E-state index < -0.39 is 0 Å². The van der Waals surface area contributed by atoms with E-state index in [1.807, 2.05) is 37.4 Å². The van der Waals surface area contributed by atoms with Gasteiger partial charge in [0, 0.05) is 32.8 Å². The number of hydrogen-bond donors (Lipinski definition) is 0. The third kappa shape index (κ3) is 8.79. The van der Waals surface area contributed by atoms with Crippen molar-refractivity contribution >= 4 is 6.09 Å². The van der Waals surface area contributed by atoms with Crippen LogP contribution in [0, 0.1) is 0 Å². The van der Waals surface area contributed by atoms with Gasteiger partial charge in [0.15, 0.2) is 0 Å². The molecule has 174 valence electrons. The number of morpholine rings is 1. The highest BCUT2D eigenvalue weighted by Crippen LogP contribution is 2.25. The van der Waals surface area contributed by atoms with Crippen LogP contribution in [-0.4, -0.2) is 74.5 Å². The first kappa shape index (κ1) is 24.0. The van der Waals surface area contributed by atoms with Gasteiger partial charge in [-0.3, -0.25) is 4.90 Å². The topological polar surface area (TPSA) is 51.2 Å². The molecule has 1 saturated heterocycles. The third-order valence-corrected chi connectivity index (χ3v) is 6.51. The summed E-state index contributed by atoms with van der Waals surface area (Å²) >= 11 is 0. The molecule has 1 aliphatic carbocycles. The Bertz CT molecular complexity index is 613. The first-order valence-corrected chi connectivity index (χ1v) is 12.1. The number of carbonyl (C=O) groups is 1. The van der Waals surface area contributed by atoms with Crippen molar-refractivity contribution in [1.29, 1.82) is 0 Å². The molecule has 0 bridgehead atoms. The lowest BCUT2D eigenvalue weighted by molar-refractivity contribution is 0.00677. The van der Waals surface area contributed by atoms with Crippen LogP contribution in [0.3, 0.4) is 0 Å². The lowest BCUT2D eigenvalue weighted by atomic mass is 9.92. The van der Waals surface area contributed by atoms with Gasteiger partial charge in [0.1, 0.15) is 6.61 Å². The lowest BCUT2D eigenvalue weighted by Gasteiger charge is -2.34. The fourth-order valence-electron chi connectivity index (χ4n) is 4.44. The van der Waals surface area contributed by atoms with Crippen LogP contribution in [0.25, 0.3) is 0 Å². The molecule has 1 aromatic carbocycles. The normalized spacial score (nSPS) is 22.2. The largest absolute Gasteiger partial charge is 0.445 e. The summed E-state index contributed by atoms with van der Waals surface area (Å²) in [5.41, 5.74) is 1.02. The molecule has 0 atom stereocenters. The summed E-state index contributed by atoms with van der Waals surface area (Å²) in [7, 11) is 1.86. The highest BCUT2D eigenvalue weighted by molar-refractivity contribution is 5.67. The SMILES string of the molecule is CN(C(=O)OCc1ccccc1)[C@H]1CC[C@H](OCCCCCCN2CCOCC2)CC1. The summed E-state index contributed by atoms with van der Waals surface area (Å²) in [6.07, 6.45) is 9.09. The second kappa shape index (κ2) is 13.7. The van der Waals surface area contributed by atoms with Crippen LogP contribution in [0.15, 0.2) is 30.3 Å². The number of amides is 1. The summed E-state index contributed by atoms with van der Waals surface area (Å²) in [5, 5.41) is 0. The maximum Gasteiger partial charge on any atom is 0.410 e. The standard InChI is InChI=1S/C25H40N2O4/c1-26(25(28)31-21-22-9-5-4-6-10-22)23-11-13-24(14-12-23)30-18-8-3-2-7-15-27-16-19-29-20-17-27/h4-6,9-10,23-24H,2-3,7-8,11-21H2,1H3/t23-,24-. The second-order valence-corrected chi connectivity index (χ2v) is 8.82. The molecule has 6 heteroatoms. The van der Waals surface area contributed by atoms with Crippen LogP contribution in [0.1, 0.15) is 56.9 Å². The van der Waals surface area contributed by atoms with Crippen molar-refractivity contribution in [2.24, 2.45) is 0 Å². The fraction of sp³-hybridized carbons (Fsp3) is 0.720. The van der Waals surface area contributed by atoms with Gasteiger partial charge in [-0.25, -0.2) is 4.79 Å². The van der Waals surface area contributed by atoms with Gasteiger partial charge in [0.2, 0.25) is 0 Å². The number of hydrogen-bond acceptors (Lipinski definition) is 5. The summed E-state index contributed by atoms with van der Waals surface area (Å²) in [6.45, 7) is 6.35. The highest BCUT2D eigenvalue weighted by Gasteiger charge is 2.27. The number of unbranched alkanes of at least 4 members (excludes halogenated alkanes) is 3. The Morgan fingerprint density at radius 3 is 2.48 bits per heavy atom. The Kier molecular flexibility index (Phi) is 10.6. The van der Waals surface area contributed by atoms with Crippen molar-refractivity contribution in [3.63, 3.8) is 0 Å². The molecule has 0 N–H and O–H groups in total. The molecule has 1 saturated carbocycles. The number of ether oxygens (including phenoxy) is 3. The zero-order valence-corrected chi connectivity index (χ0v) is 19.2. The molecule has 0 aromatic heterocycles. The quantitative estimate of drug-likeness (QED) is 0.483. The molecule has 1 aromatic rings. The van der Waals surface area contributed by atoms with Gasteiger partial charge in [-0.1, -0.05) is 43.2 Å². The van der Waals surface area contributed by atoms with E-state index >= 15 is 0 Å². The first-order chi connectivity index (χ1) is 15.2. The molecule has 2 fully saturated rings. The van der Waals surface area contributed by atoms with E-state index in [0.717, 1.165) is 70.6 Å². The molecule has 6 nitrogen and oxygen atoms in total. The Hall–Kier alpha value is -1.63. The second-order valence-electron chi connectivity index (χ2n) is 8.82. The van der Waals surface area contributed by atoms with E-state index in [4.69, 9.17) is 14.2 Å². The van der Waals surface area contributed by atoms with Gasteiger partial charge in [-0.2, -0.15) is 0 Å². The van der Waals surface area contributed by atoms with Crippen molar-refractivity contribution < 1.29 is 19.0 Å². The highest BCUT2D eigenvalue weighted by atomic mass is 16.6. The predicted octanol–water partition coefficient (Wildman–Crippen LogP) is 4.48. The van der Waals surface area contributed by atoms with Gasteiger partial charge >= 0.3 is 6.09 Å². The summed E-state index contributed by atoms with van der Waals surface area (Å²) in [6, 6.07) is 10.1. The van der Waals surface area contributed by atoms with Gasteiger partial charge < -0.3 is 19.1 Å². The van der Waals surface area contributed by atoms with Crippen molar-refractivity contribution in [3.05, 3.63) is 35.9 Å². The van der Waals surface area contributed by atoms with Gasteiger partial charge in [-0.05, 0) is 50.6 Å². The Morgan fingerprint density at radius 1 is 1.03 bits per heavy atom. The zero-order valence-electron chi connectivity index (χ0n) is 19.2. The average Bonchev–Trinajstić information content (AvgIpc) is 2.83. The Morgan fingerprint density at radius 2 is 1.74 bits per heavy atom. The van der Waals surface area contributed by atoms with Crippen LogP contribution in [0.5, 0.6) is 0 Å². The number of carbonyl (C=O) groups excluding carboxylic acids is 1. The fourth-order valence-corrected chi connectivity index (χ4v) is 4.44. The maximum absolute atomic E-state index is 12.4. The molecule has 0 spiro atoms. The predicted molar refractivity (Wildman–Crippen MR) is 122 cm³/mol. The average molecular weight is 433 g/mol. The molecule has 1 amide bonds. The number of benzene rings is 1. The van der Waals surface area contributed by atoms with Gasteiger partial charge in [0.25, 0.3) is 0 Å². The van der Waals surface area contributed by atoms with E-state index in [1.54, 1.807) is 4.90 Å². The molecule has 1 heterocycles. The first-order valence-electron chi connectivity index (χ1n) is 12.1. The van der Waals surface area contributed by atoms with Gasteiger partial charge in [0.05, 0.1) is 19.3 Å². The third-order valence-electron chi connectivity index (χ3n) is 6.51.